The normalized spacial score (nSPS) is 7.56. The number of hydrogen-bond acceptors (Lipinski definition) is 3. The van der Waals surface area contributed by atoms with Gasteiger partial charge in [-0.1, -0.05) is 0 Å². The molecule has 50 valence electrons. The number of hydrogen-bond donors (Lipinski definition) is 3. The predicted octanol–water partition coefficient (Wildman–Crippen LogP) is -1.31. The Labute approximate surface area is 56.6 Å². The first-order valence-electron chi connectivity index (χ1n) is 1.97. The van der Waals surface area contributed by atoms with Crippen molar-refractivity contribution in [3.8, 4) is 0 Å². The molecule has 0 rings (SSSR count). The molecule has 0 aliphatic rings. The van der Waals surface area contributed by atoms with E-state index in [1.807, 2.05) is 10.6 Å². The molecule has 0 spiro atoms. The van der Waals surface area contributed by atoms with Gasteiger partial charge in [-0.05, 0) is 12.2 Å². The van der Waals surface area contributed by atoms with Crippen LogP contribution >= 0.6 is 12.2 Å². The predicted molar refractivity (Wildman–Crippen MR) is 34.5 cm³/mol. The first-order chi connectivity index (χ1) is 4.16. The Bertz CT molecular complexity index is 146. The van der Waals surface area contributed by atoms with Crippen LogP contribution in [-0.2, 0) is 4.79 Å². The number of nitrogens with one attached hydrogen (secondary N) is 2. The number of carbonyl (C=O) groups excluding carboxylic acids is 2. The summed E-state index contributed by atoms with van der Waals surface area (Å²) < 4.78 is 0. The Hall–Kier alpha value is -1.17. The van der Waals surface area contributed by atoms with E-state index in [1.54, 1.807) is 0 Å². The molecule has 0 aliphatic heterocycles. The Morgan fingerprint density at radius 2 is 2.22 bits per heavy atom. The molecule has 0 aromatic rings. The monoisotopic (exact) mass is 147 g/mol. The lowest BCUT2D eigenvalue weighted by Crippen LogP contribution is -2.41. The van der Waals surface area contributed by atoms with Crippen molar-refractivity contribution in [1.29, 1.82) is 0 Å². The van der Waals surface area contributed by atoms with Crippen molar-refractivity contribution >= 4 is 29.8 Å². The molecule has 0 saturated heterocycles. The number of amides is 3. The van der Waals surface area contributed by atoms with Crippen molar-refractivity contribution in [3.05, 3.63) is 0 Å². The van der Waals surface area contributed by atoms with E-state index < -0.39 is 6.03 Å². The summed E-state index contributed by atoms with van der Waals surface area (Å²) in [5, 5.41) is 3.89. The Morgan fingerprint density at radius 3 is 2.56 bits per heavy atom. The number of thiocarbonyl (C=S) groups is 1. The van der Waals surface area contributed by atoms with Crippen LogP contribution in [0.3, 0.4) is 0 Å². The molecule has 5 nitrogen and oxygen atoms in total. The van der Waals surface area contributed by atoms with Crippen LogP contribution in [0.1, 0.15) is 0 Å². The van der Waals surface area contributed by atoms with Crippen molar-refractivity contribution < 1.29 is 9.59 Å². The van der Waals surface area contributed by atoms with Crippen LogP contribution in [0.2, 0.25) is 0 Å². The smallest absolute Gasteiger partial charge is 0.318 e. The fourth-order valence-electron chi connectivity index (χ4n) is 0.201. The highest BCUT2D eigenvalue weighted by molar-refractivity contribution is 7.80. The van der Waals surface area contributed by atoms with Gasteiger partial charge in [0, 0.05) is 0 Å². The molecule has 6 heteroatoms. The second-order valence-electron chi connectivity index (χ2n) is 1.08. The van der Waals surface area contributed by atoms with E-state index in [0.29, 0.717) is 6.41 Å². The molecule has 0 atom stereocenters. The van der Waals surface area contributed by atoms with E-state index in [0.717, 1.165) is 0 Å². The van der Waals surface area contributed by atoms with Crippen molar-refractivity contribution in [2.45, 2.75) is 0 Å². The highest BCUT2D eigenvalue weighted by Gasteiger charge is 1.94. The maximum Gasteiger partial charge on any atom is 0.318 e. The Kier molecular flexibility index (Phi) is 3.29. The molecular weight excluding hydrogens is 142 g/mol. The lowest BCUT2D eigenvalue weighted by Gasteiger charge is -1.98. The summed E-state index contributed by atoms with van der Waals surface area (Å²) in [6.45, 7) is 0. The molecule has 9 heavy (non-hydrogen) atoms. The lowest BCUT2D eigenvalue weighted by molar-refractivity contribution is -0.108. The Balaban J connectivity index is 3.50. The van der Waals surface area contributed by atoms with E-state index in [-0.39, 0.29) is 5.11 Å². The van der Waals surface area contributed by atoms with E-state index >= 15 is 0 Å². The van der Waals surface area contributed by atoms with Gasteiger partial charge in [0.2, 0.25) is 6.41 Å². The molecule has 0 unspecified atom stereocenters. The molecular formula is C3H5N3O2S. The third-order valence-electron chi connectivity index (χ3n) is 0.427. The summed E-state index contributed by atoms with van der Waals surface area (Å²) in [5.74, 6) is 0. The van der Waals surface area contributed by atoms with Gasteiger partial charge in [0.25, 0.3) is 0 Å². The van der Waals surface area contributed by atoms with Gasteiger partial charge in [0.15, 0.2) is 5.11 Å². The number of primary amides is 1. The molecule has 0 saturated carbocycles. The standard InChI is InChI=1S/C3H5N3O2S/c4-2(8)6-3(9)5-1-7/h1H,(H4,4,5,6,7,8,9). The fraction of sp³-hybridized carbons (Fsp3) is 0. The average molecular weight is 147 g/mol. The molecule has 0 heterocycles. The summed E-state index contributed by atoms with van der Waals surface area (Å²) in [6, 6.07) is -0.797. The summed E-state index contributed by atoms with van der Waals surface area (Å²) >= 11 is 4.38. The van der Waals surface area contributed by atoms with Crippen molar-refractivity contribution in [2.24, 2.45) is 5.73 Å². The van der Waals surface area contributed by atoms with E-state index in [4.69, 9.17) is 0 Å². The zero-order chi connectivity index (χ0) is 7.28. The molecule has 0 aromatic heterocycles. The minimum Gasteiger partial charge on any atom is -0.351 e. The van der Waals surface area contributed by atoms with Crippen molar-refractivity contribution in [2.75, 3.05) is 0 Å². The SMILES string of the molecule is NC(=O)NC(=S)NC=O. The number of urea groups is 1. The quantitative estimate of drug-likeness (QED) is 0.318. The number of nitrogens with two attached hydrogens (primary N) is 1. The molecule has 4 N–H and O–H groups in total. The fourth-order valence-corrected chi connectivity index (χ4v) is 0.350. The highest BCUT2D eigenvalue weighted by Crippen LogP contribution is 1.60. The first-order valence-corrected chi connectivity index (χ1v) is 2.38. The number of rotatable bonds is 1. The van der Waals surface area contributed by atoms with Crippen LogP contribution in [0.5, 0.6) is 0 Å². The largest absolute Gasteiger partial charge is 0.351 e. The van der Waals surface area contributed by atoms with Crippen LogP contribution in [-0.4, -0.2) is 17.6 Å². The second kappa shape index (κ2) is 3.79. The van der Waals surface area contributed by atoms with Crippen LogP contribution in [0, 0.1) is 0 Å². The molecule has 0 aliphatic carbocycles. The maximum atomic E-state index is 9.95. The van der Waals surface area contributed by atoms with Crippen LogP contribution < -0.4 is 16.4 Å². The highest BCUT2D eigenvalue weighted by atomic mass is 32.1. The van der Waals surface area contributed by atoms with Crippen molar-refractivity contribution in [1.82, 2.24) is 10.6 Å². The van der Waals surface area contributed by atoms with Gasteiger partial charge in [-0.15, -0.1) is 0 Å². The van der Waals surface area contributed by atoms with E-state index in [2.05, 4.69) is 18.0 Å². The Morgan fingerprint density at radius 1 is 1.67 bits per heavy atom. The maximum absolute atomic E-state index is 9.95. The molecule has 3 amide bonds. The van der Waals surface area contributed by atoms with Gasteiger partial charge in [-0.3, -0.25) is 10.1 Å². The lowest BCUT2D eigenvalue weighted by atomic mass is 10.9. The zero-order valence-electron chi connectivity index (χ0n) is 4.38. The topological polar surface area (TPSA) is 84.2 Å². The number of carbonyl (C=O) groups is 2. The van der Waals surface area contributed by atoms with Gasteiger partial charge < -0.3 is 11.1 Å². The molecule has 0 fully saturated rings. The third-order valence-corrected chi connectivity index (χ3v) is 0.647. The molecule has 0 bridgehead atoms. The van der Waals surface area contributed by atoms with Gasteiger partial charge in [0.05, 0.1) is 0 Å². The summed E-state index contributed by atoms with van der Waals surface area (Å²) in [5.41, 5.74) is 4.63. The van der Waals surface area contributed by atoms with Crippen LogP contribution in [0.15, 0.2) is 0 Å². The molecule has 0 aromatic carbocycles. The minimum atomic E-state index is -0.797. The minimum absolute atomic E-state index is 0.0995. The summed E-state index contributed by atoms with van der Waals surface area (Å²) in [7, 11) is 0. The van der Waals surface area contributed by atoms with Crippen LogP contribution in [0.4, 0.5) is 4.79 Å². The van der Waals surface area contributed by atoms with Gasteiger partial charge in [-0.2, -0.15) is 0 Å². The van der Waals surface area contributed by atoms with Gasteiger partial charge in [-0.25, -0.2) is 4.79 Å². The summed E-state index contributed by atoms with van der Waals surface area (Å²) in [4.78, 5) is 19.6. The summed E-state index contributed by atoms with van der Waals surface area (Å²) in [6.07, 6.45) is 0.346. The molecule has 0 radical (unpaired) electrons. The zero-order valence-corrected chi connectivity index (χ0v) is 5.20. The second-order valence-corrected chi connectivity index (χ2v) is 1.49. The van der Waals surface area contributed by atoms with E-state index in [9.17, 15) is 9.59 Å². The van der Waals surface area contributed by atoms with Gasteiger partial charge >= 0.3 is 6.03 Å². The van der Waals surface area contributed by atoms with Crippen LogP contribution in [0.25, 0.3) is 0 Å². The average Bonchev–Trinajstić information content (AvgIpc) is 1.63. The first kappa shape index (κ1) is 7.83. The third kappa shape index (κ3) is 4.69. The van der Waals surface area contributed by atoms with Gasteiger partial charge in [0.1, 0.15) is 0 Å². The van der Waals surface area contributed by atoms with Crippen molar-refractivity contribution in [3.63, 3.8) is 0 Å². The van der Waals surface area contributed by atoms with E-state index in [1.165, 1.54) is 0 Å².